The second-order valence-electron chi connectivity index (χ2n) is 8.15. The molecule has 0 aromatic heterocycles. The van der Waals surface area contributed by atoms with Gasteiger partial charge in [-0.25, -0.2) is 5.01 Å². The lowest BCUT2D eigenvalue weighted by Crippen LogP contribution is -2.39. The SMILES string of the molecule is COc1ccc([C@H]2CC(c3cccc(OC)c3)=NN2C(=O)CN(C)C(=O)c2ccccc2Cl)cc1. The Labute approximate surface area is 209 Å². The number of ether oxygens (including phenoxy) is 2. The second kappa shape index (κ2) is 10.6. The van der Waals surface area contributed by atoms with Gasteiger partial charge in [0, 0.05) is 19.0 Å². The molecule has 1 aliphatic rings. The van der Waals surface area contributed by atoms with Gasteiger partial charge in [0.25, 0.3) is 11.8 Å². The molecule has 7 nitrogen and oxygen atoms in total. The molecular weight excluding hydrogens is 466 g/mol. The molecule has 0 unspecified atom stereocenters. The number of nitrogens with zero attached hydrogens (tertiary/aromatic N) is 3. The molecule has 0 bridgehead atoms. The quantitative estimate of drug-likeness (QED) is 0.475. The topological polar surface area (TPSA) is 71.4 Å². The van der Waals surface area contributed by atoms with Crippen LogP contribution >= 0.6 is 11.6 Å². The van der Waals surface area contributed by atoms with E-state index in [-0.39, 0.29) is 24.4 Å². The number of likely N-dealkylation sites (N-methyl/N-ethyl adjacent to an activating group) is 1. The third kappa shape index (κ3) is 5.30. The highest BCUT2D eigenvalue weighted by atomic mass is 35.5. The summed E-state index contributed by atoms with van der Waals surface area (Å²) in [4.78, 5) is 27.7. The number of amides is 2. The number of rotatable bonds is 7. The summed E-state index contributed by atoms with van der Waals surface area (Å²) in [6, 6.07) is 21.6. The van der Waals surface area contributed by atoms with Crippen LogP contribution < -0.4 is 9.47 Å². The van der Waals surface area contributed by atoms with Crippen molar-refractivity contribution in [1.29, 1.82) is 0 Å². The van der Waals surface area contributed by atoms with E-state index in [9.17, 15) is 9.59 Å². The number of benzene rings is 3. The normalized spacial score (nSPS) is 14.9. The van der Waals surface area contributed by atoms with E-state index in [1.807, 2.05) is 48.5 Å². The monoisotopic (exact) mass is 491 g/mol. The zero-order chi connectivity index (χ0) is 24.9. The fourth-order valence-electron chi connectivity index (χ4n) is 3.99. The van der Waals surface area contributed by atoms with Gasteiger partial charge in [0.15, 0.2) is 0 Å². The van der Waals surface area contributed by atoms with E-state index in [4.69, 9.17) is 21.1 Å². The Morgan fingerprint density at radius 3 is 2.40 bits per heavy atom. The van der Waals surface area contributed by atoms with Gasteiger partial charge in [-0.3, -0.25) is 9.59 Å². The molecule has 0 aliphatic carbocycles. The van der Waals surface area contributed by atoms with Crippen LogP contribution in [0, 0.1) is 0 Å². The van der Waals surface area contributed by atoms with Crippen molar-refractivity contribution >= 4 is 29.1 Å². The van der Waals surface area contributed by atoms with Crippen molar-refractivity contribution in [3.05, 3.63) is 94.5 Å². The molecule has 0 spiro atoms. The van der Waals surface area contributed by atoms with E-state index in [1.165, 1.54) is 9.91 Å². The summed E-state index contributed by atoms with van der Waals surface area (Å²) in [7, 11) is 4.79. The predicted octanol–water partition coefficient (Wildman–Crippen LogP) is 4.81. The highest BCUT2D eigenvalue weighted by Crippen LogP contribution is 2.34. The molecule has 180 valence electrons. The van der Waals surface area contributed by atoms with E-state index in [2.05, 4.69) is 5.10 Å². The second-order valence-corrected chi connectivity index (χ2v) is 8.56. The molecule has 2 amide bonds. The third-order valence-corrected chi connectivity index (χ3v) is 6.22. The maximum absolute atomic E-state index is 13.4. The fourth-order valence-corrected chi connectivity index (χ4v) is 4.21. The molecule has 35 heavy (non-hydrogen) atoms. The molecule has 8 heteroatoms. The van der Waals surface area contributed by atoms with Gasteiger partial charge in [-0.05, 0) is 42.0 Å². The molecule has 0 fully saturated rings. The lowest BCUT2D eigenvalue weighted by molar-refractivity contribution is -0.133. The van der Waals surface area contributed by atoms with Crippen LogP contribution in [0.4, 0.5) is 0 Å². The summed E-state index contributed by atoms with van der Waals surface area (Å²) >= 11 is 6.18. The molecule has 3 aromatic carbocycles. The minimum absolute atomic E-state index is 0.147. The maximum atomic E-state index is 13.4. The summed E-state index contributed by atoms with van der Waals surface area (Å²) < 4.78 is 10.6. The van der Waals surface area contributed by atoms with E-state index in [0.717, 1.165) is 22.6 Å². The van der Waals surface area contributed by atoms with Gasteiger partial charge in [0.2, 0.25) is 0 Å². The molecular formula is C27H26ClN3O4. The van der Waals surface area contributed by atoms with Crippen LogP contribution in [0.15, 0.2) is 77.9 Å². The van der Waals surface area contributed by atoms with E-state index >= 15 is 0 Å². The van der Waals surface area contributed by atoms with Crippen LogP contribution in [-0.2, 0) is 4.79 Å². The van der Waals surface area contributed by atoms with Crippen molar-refractivity contribution in [2.75, 3.05) is 27.8 Å². The minimum Gasteiger partial charge on any atom is -0.497 e. The number of halogens is 1. The zero-order valence-corrected chi connectivity index (χ0v) is 20.5. The van der Waals surface area contributed by atoms with Crippen LogP contribution in [0.5, 0.6) is 11.5 Å². The van der Waals surface area contributed by atoms with Gasteiger partial charge in [0.1, 0.15) is 18.0 Å². The minimum atomic E-state index is -0.332. The zero-order valence-electron chi connectivity index (χ0n) is 19.8. The van der Waals surface area contributed by atoms with Crippen molar-refractivity contribution < 1.29 is 19.1 Å². The highest BCUT2D eigenvalue weighted by Gasteiger charge is 2.34. The Morgan fingerprint density at radius 1 is 1.00 bits per heavy atom. The smallest absolute Gasteiger partial charge is 0.262 e. The van der Waals surface area contributed by atoms with Gasteiger partial charge in [-0.2, -0.15) is 5.10 Å². The third-order valence-electron chi connectivity index (χ3n) is 5.89. The Morgan fingerprint density at radius 2 is 1.71 bits per heavy atom. The van der Waals surface area contributed by atoms with Gasteiger partial charge in [0.05, 0.1) is 36.6 Å². The highest BCUT2D eigenvalue weighted by molar-refractivity contribution is 6.33. The first-order chi connectivity index (χ1) is 16.9. The number of hydrogen-bond donors (Lipinski definition) is 0. The summed E-state index contributed by atoms with van der Waals surface area (Å²) in [6.07, 6.45) is 0.521. The standard InChI is InChI=1S/C27H26ClN3O4/c1-30(27(33)22-9-4-5-10-23(22)28)17-26(32)31-25(18-11-13-20(34-2)14-12-18)16-24(29-31)19-7-6-8-21(15-19)35-3/h4-15,25H,16-17H2,1-3H3/t25-/m1/s1. The van der Waals surface area contributed by atoms with Crippen LogP contribution in [0.2, 0.25) is 5.02 Å². The fraction of sp³-hybridized carbons (Fsp3) is 0.222. The predicted molar refractivity (Wildman–Crippen MR) is 135 cm³/mol. The van der Waals surface area contributed by atoms with Crippen molar-refractivity contribution in [1.82, 2.24) is 9.91 Å². The van der Waals surface area contributed by atoms with Crippen LogP contribution in [0.1, 0.15) is 33.9 Å². The summed E-state index contributed by atoms with van der Waals surface area (Å²) in [5.74, 6) is 0.803. The Balaban J connectivity index is 1.61. The molecule has 4 rings (SSSR count). The van der Waals surface area contributed by atoms with Gasteiger partial charge >= 0.3 is 0 Å². The first-order valence-electron chi connectivity index (χ1n) is 11.1. The maximum Gasteiger partial charge on any atom is 0.262 e. The van der Waals surface area contributed by atoms with Crippen molar-refractivity contribution in [2.24, 2.45) is 5.10 Å². The number of carbonyl (C=O) groups excluding carboxylic acids is 2. The summed E-state index contributed by atoms with van der Waals surface area (Å²) in [5, 5.41) is 6.49. The largest absolute Gasteiger partial charge is 0.497 e. The van der Waals surface area contributed by atoms with Gasteiger partial charge in [-0.15, -0.1) is 0 Å². The number of methoxy groups -OCH3 is 2. The summed E-state index contributed by atoms with van der Waals surface area (Å²) in [6.45, 7) is -0.147. The molecule has 1 atom stereocenters. The van der Waals surface area contributed by atoms with Crippen molar-refractivity contribution in [2.45, 2.75) is 12.5 Å². The molecule has 0 saturated carbocycles. The van der Waals surface area contributed by atoms with Crippen molar-refractivity contribution in [3.63, 3.8) is 0 Å². The Bertz CT molecular complexity index is 1260. The van der Waals surface area contributed by atoms with Gasteiger partial charge in [-0.1, -0.05) is 48.0 Å². The number of hydrazone groups is 1. The summed E-state index contributed by atoms with van der Waals surface area (Å²) in [5.41, 5.74) is 2.90. The molecule has 0 radical (unpaired) electrons. The molecule has 3 aromatic rings. The lowest BCUT2D eigenvalue weighted by atomic mass is 9.98. The van der Waals surface area contributed by atoms with Crippen molar-refractivity contribution in [3.8, 4) is 11.5 Å². The Kier molecular flexibility index (Phi) is 7.36. The molecule has 1 heterocycles. The lowest BCUT2D eigenvalue weighted by Gasteiger charge is -2.25. The number of hydrogen-bond acceptors (Lipinski definition) is 5. The van der Waals surface area contributed by atoms with Crippen LogP contribution in [-0.4, -0.2) is 55.2 Å². The van der Waals surface area contributed by atoms with Crippen LogP contribution in [0.3, 0.4) is 0 Å². The van der Waals surface area contributed by atoms with Gasteiger partial charge < -0.3 is 14.4 Å². The average molecular weight is 492 g/mol. The number of carbonyl (C=O) groups is 2. The average Bonchev–Trinajstić information content (AvgIpc) is 3.34. The molecule has 0 saturated heterocycles. The first kappa shape index (κ1) is 24.3. The van der Waals surface area contributed by atoms with E-state index < -0.39 is 0 Å². The molecule has 0 N–H and O–H groups in total. The van der Waals surface area contributed by atoms with E-state index in [0.29, 0.717) is 22.8 Å². The van der Waals surface area contributed by atoms with E-state index in [1.54, 1.807) is 45.5 Å². The Hall–Kier alpha value is -3.84. The molecule has 1 aliphatic heterocycles. The first-order valence-corrected chi connectivity index (χ1v) is 11.5. The van der Waals surface area contributed by atoms with Crippen LogP contribution in [0.25, 0.3) is 0 Å².